The second-order valence-electron chi connectivity index (χ2n) is 6.18. The number of allylic oxidation sites excluding steroid dienone is 2. The lowest BCUT2D eigenvalue weighted by molar-refractivity contribution is 0.543. The second-order valence-corrected chi connectivity index (χ2v) is 7.12. The largest absolute Gasteiger partial charge is 0.144 e. The lowest BCUT2D eigenvalue weighted by Gasteiger charge is -2.16. The fourth-order valence-electron chi connectivity index (χ4n) is 2.17. The van der Waals surface area contributed by atoms with Gasteiger partial charge in [-0.25, -0.2) is 0 Å². The minimum atomic E-state index is 0.280. The van der Waals surface area contributed by atoms with Crippen molar-refractivity contribution in [1.29, 1.82) is 0 Å². The van der Waals surface area contributed by atoms with Crippen molar-refractivity contribution in [2.24, 2.45) is 5.41 Å². The molecule has 0 aliphatic rings. The van der Waals surface area contributed by atoms with Crippen LogP contribution in [-0.2, 0) is 0 Å². The van der Waals surface area contributed by atoms with E-state index in [-0.39, 0.29) is 5.41 Å². The molecule has 1 rings (SSSR count). The summed E-state index contributed by atoms with van der Waals surface area (Å²) in [5.74, 6) is 0. The molecule has 0 N–H and O–H groups in total. The smallest absolute Gasteiger partial charge is 0.0299 e. The van der Waals surface area contributed by atoms with Gasteiger partial charge in [0.25, 0.3) is 0 Å². The average molecular weight is 264 g/mol. The van der Waals surface area contributed by atoms with Gasteiger partial charge in [0.1, 0.15) is 0 Å². The molecule has 0 atom stereocenters. The molecule has 0 aromatic carbocycles. The molecule has 0 spiro atoms. The van der Waals surface area contributed by atoms with Gasteiger partial charge in [-0.15, -0.1) is 11.3 Å². The van der Waals surface area contributed by atoms with Gasteiger partial charge in [-0.05, 0) is 35.3 Å². The summed E-state index contributed by atoms with van der Waals surface area (Å²) in [5.41, 5.74) is 1.83. The van der Waals surface area contributed by atoms with Crippen LogP contribution in [0.2, 0.25) is 0 Å². The Kier molecular flexibility index (Phi) is 6.70. The van der Waals surface area contributed by atoms with E-state index in [1.165, 1.54) is 43.4 Å². The van der Waals surface area contributed by atoms with E-state index in [1.807, 2.05) is 11.3 Å². The molecule has 1 aromatic rings. The van der Waals surface area contributed by atoms with Crippen molar-refractivity contribution in [3.05, 3.63) is 28.5 Å². The maximum Gasteiger partial charge on any atom is 0.0299 e. The third kappa shape index (κ3) is 6.39. The normalized spacial score (nSPS) is 13.0. The lowest BCUT2D eigenvalue weighted by atomic mass is 9.91. The summed E-state index contributed by atoms with van der Waals surface area (Å²) in [6.45, 7) is 9.14. The van der Waals surface area contributed by atoms with Crippen LogP contribution in [0.25, 0.3) is 5.57 Å². The summed E-state index contributed by atoms with van der Waals surface area (Å²) >= 11 is 1.87. The van der Waals surface area contributed by atoms with Gasteiger partial charge in [0.05, 0.1) is 0 Å². The Hall–Kier alpha value is -0.560. The molecule has 102 valence electrons. The minimum Gasteiger partial charge on any atom is -0.144 e. The number of hydrogen-bond donors (Lipinski definition) is 0. The molecule has 0 saturated heterocycles. The summed E-state index contributed by atoms with van der Waals surface area (Å²) in [6.07, 6.45) is 10.5. The Morgan fingerprint density at radius 1 is 1.17 bits per heavy atom. The molecular weight excluding hydrogens is 236 g/mol. The van der Waals surface area contributed by atoms with Crippen LogP contribution in [0.1, 0.15) is 71.1 Å². The molecule has 0 unspecified atom stereocenters. The highest BCUT2D eigenvalue weighted by atomic mass is 32.1. The van der Waals surface area contributed by atoms with Crippen LogP contribution in [0.3, 0.4) is 0 Å². The fraction of sp³-hybridized carbons (Fsp3) is 0.647. The number of hydrogen-bond acceptors (Lipinski definition) is 1. The van der Waals surface area contributed by atoms with E-state index >= 15 is 0 Å². The molecule has 0 fully saturated rings. The van der Waals surface area contributed by atoms with Crippen molar-refractivity contribution >= 4 is 16.9 Å². The maximum absolute atomic E-state index is 2.46. The van der Waals surface area contributed by atoms with E-state index in [1.54, 1.807) is 5.57 Å². The SMILES string of the molecule is CCCCCCC/C(=C\C(C)(C)C)c1cccs1. The lowest BCUT2D eigenvalue weighted by Crippen LogP contribution is -2.01. The van der Waals surface area contributed by atoms with E-state index in [4.69, 9.17) is 0 Å². The van der Waals surface area contributed by atoms with Crippen molar-refractivity contribution in [2.75, 3.05) is 0 Å². The van der Waals surface area contributed by atoms with Crippen molar-refractivity contribution in [3.63, 3.8) is 0 Å². The average Bonchev–Trinajstić information content (AvgIpc) is 2.79. The first kappa shape index (κ1) is 15.5. The first-order valence-corrected chi connectivity index (χ1v) is 8.16. The van der Waals surface area contributed by atoms with Crippen LogP contribution in [0.4, 0.5) is 0 Å². The Labute approximate surface area is 117 Å². The molecule has 1 heteroatoms. The van der Waals surface area contributed by atoms with E-state index in [2.05, 4.69) is 51.3 Å². The molecule has 1 aromatic heterocycles. The van der Waals surface area contributed by atoms with Gasteiger partial charge in [-0.1, -0.05) is 65.5 Å². The van der Waals surface area contributed by atoms with Crippen LogP contribution < -0.4 is 0 Å². The van der Waals surface area contributed by atoms with Crippen molar-refractivity contribution < 1.29 is 0 Å². The molecule has 0 aliphatic carbocycles. The van der Waals surface area contributed by atoms with Crippen LogP contribution >= 0.6 is 11.3 Å². The number of rotatable bonds is 7. The molecule has 0 nitrogen and oxygen atoms in total. The van der Waals surface area contributed by atoms with E-state index < -0.39 is 0 Å². The van der Waals surface area contributed by atoms with Gasteiger partial charge in [0, 0.05) is 4.88 Å². The molecule has 1 heterocycles. The molecule has 0 aliphatic heterocycles. The standard InChI is InChI=1S/C17H28S/c1-5-6-7-8-9-11-15(14-17(2,3)4)16-12-10-13-18-16/h10,12-14H,5-9,11H2,1-4H3/b15-14+. The fourth-order valence-corrected chi connectivity index (χ4v) is 2.94. The third-order valence-electron chi connectivity index (χ3n) is 2.99. The zero-order chi connectivity index (χ0) is 13.4. The molecule has 0 amide bonds. The monoisotopic (exact) mass is 264 g/mol. The van der Waals surface area contributed by atoms with E-state index in [9.17, 15) is 0 Å². The zero-order valence-corrected chi connectivity index (χ0v) is 13.3. The second kappa shape index (κ2) is 7.78. The first-order valence-electron chi connectivity index (χ1n) is 7.28. The quantitative estimate of drug-likeness (QED) is 0.491. The van der Waals surface area contributed by atoms with E-state index in [0.717, 1.165) is 0 Å². The van der Waals surface area contributed by atoms with Gasteiger partial charge in [-0.3, -0.25) is 0 Å². The van der Waals surface area contributed by atoms with Crippen LogP contribution in [-0.4, -0.2) is 0 Å². The minimum absolute atomic E-state index is 0.280. The Balaban J connectivity index is 2.55. The van der Waals surface area contributed by atoms with Crippen molar-refractivity contribution in [1.82, 2.24) is 0 Å². The predicted molar refractivity (Wildman–Crippen MR) is 85.1 cm³/mol. The third-order valence-corrected chi connectivity index (χ3v) is 3.94. The maximum atomic E-state index is 2.46. The Morgan fingerprint density at radius 3 is 2.44 bits per heavy atom. The van der Waals surface area contributed by atoms with Gasteiger partial charge >= 0.3 is 0 Å². The van der Waals surface area contributed by atoms with Crippen LogP contribution in [0, 0.1) is 5.41 Å². The highest BCUT2D eigenvalue weighted by Crippen LogP contribution is 2.30. The number of thiophene rings is 1. The van der Waals surface area contributed by atoms with Gasteiger partial charge in [-0.2, -0.15) is 0 Å². The summed E-state index contributed by atoms with van der Waals surface area (Å²) in [5, 5.41) is 2.18. The highest BCUT2D eigenvalue weighted by Gasteiger charge is 2.10. The molecule has 18 heavy (non-hydrogen) atoms. The first-order chi connectivity index (χ1) is 8.53. The number of unbranched alkanes of at least 4 members (excludes halogenated alkanes) is 4. The molecule has 0 saturated carbocycles. The molecule has 0 bridgehead atoms. The summed E-state index contributed by atoms with van der Waals surface area (Å²) in [7, 11) is 0. The Bertz CT molecular complexity index is 338. The predicted octanol–water partition coefficient (Wildman–Crippen LogP) is 6.54. The highest BCUT2D eigenvalue weighted by molar-refractivity contribution is 7.11. The van der Waals surface area contributed by atoms with E-state index in [0.29, 0.717) is 0 Å². The van der Waals surface area contributed by atoms with Crippen LogP contribution in [0.15, 0.2) is 23.6 Å². The topological polar surface area (TPSA) is 0 Å². The Morgan fingerprint density at radius 2 is 1.89 bits per heavy atom. The van der Waals surface area contributed by atoms with Gasteiger partial charge in [0.2, 0.25) is 0 Å². The summed E-state index contributed by atoms with van der Waals surface area (Å²) in [4.78, 5) is 1.46. The summed E-state index contributed by atoms with van der Waals surface area (Å²) < 4.78 is 0. The summed E-state index contributed by atoms with van der Waals surface area (Å²) in [6, 6.07) is 4.42. The molecular formula is C17H28S. The van der Waals surface area contributed by atoms with Gasteiger partial charge < -0.3 is 0 Å². The molecule has 0 radical (unpaired) electrons. The zero-order valence-electron chi connectivity index (χ0n) is 12.5. The van der Waals surface area contributed by atoms with Crippen molar-refractivity contribution in [2.45, 2.75) is 66.2 Å². The van der Waals surface area contributed by atoms with Gasteiger partial charge in [0.15, 0.2) is 0 Å². The van der Waals surface area contributed by atoms with Crippen LogP contribution in [0.5, 0.6) is 0 Å². The van der Waals surface area contributed by atoms with Crippen molar-refractivity contribution in [3.8, 4) is 0 Å².